The zero-order chi connectivity index (χ0) is 13.2. The summed E-state index contributed by atoms with van der Waals surface area (Å²) in [4.78, 5) is 9.05. The van der Waals surface area contributed by atoms with E-state index in [9.17, 15) is 8.42 Å². The first kappa shape index (κ1) is 12.8. The smallest absolute Gasteiger partial charge is 0.175 e. The third-order valence-corrected chi connectivity index (χ3v) is 4.21. The van der Waals surface area contributed by atoms with E-state index in [-0.39, 0.29) is 0 Å². The predicted molar refractivity (Wildman–Crippen MR) is 70.1 cm³/mol. The summed E-state index contributed by atoms with van der Waals surface area (Å²) in [5.41, 5.74) is 5.55. The number of benzene rings is 1. The third-order valence-electron chi connectivity index (χ3n) is 2.14. The SMILES string of the molecule is CS(=O)(=O)c1ccc(Sc2cc(N)ncn2)cc1. The summed E-state index contributed by atoms with van der Waals surface area (Å²) < 4.78 is 22.6. The lowest BCUT2D eigenvalue weighted by Gasteiger charge is -2.02. The summed E-state index contributed by atoms with van der Waals surface area (Å²) in [7, 11) is -3.15. The average molecular weight is 281 g/mol. The lowest BCUT2D eigenvalue weighted by atomic mass is 10.4. The molecule has 1 aromatic heterocycles. The average Bonchev–Trinajstić information content (AvgIpc) is 2.28. The summed E-state index contributed by atoms with van der Waals surface area (Å²) >= 11 is 1.40. The Hall–Kier alpha value is -1.60. The van der Waals surface area contributed by atoms with Crippen LogP contribution in [0.4, 0.5) is 5.82 Å². The minimum atomic E-state index is -3.15. The van der Waals surface area contributed by atoms with Crippen LogP contribution in [0, 0.1) is 0 Å². The fraction of sp³-hybridized carbons (Fsp3) is 0.0909. The molecule has 2 rings (SSSR count). The standard InChI is InChI=1S/C11H11N3O2S2/c1-18(15,16)9-4-2-8(3-5-9)17-11-6-10(12)13-7-14-11/h2-7H,1H3,(H2,12,13,14). The second-order valence-corrected chi connectivity index (χ2v) is 6.74. The molecule has 0 unspecified atom stereocenters. The Morgan fingerprint density at radius 2 is 1.83 bits per heavy atom. The number of nitrogens with zero attached hydrogens (tertiary/aromatic N) is 2. The molecule has 0 aliphatic heterocycles. The zero-order valence-electron chi connectivity index (χ0n) is 9.57. The number of nitrogens with two attached hydrogens (primary N) is 1. The Morgan fingerprint density at radius 1 is 1.17 bits per heavy atom. The molecular formula is C11H11N3O2S2. The van der Waals surface area contributed by atoms with E-state index in [1.807, 2.05) is 0 Å². The minimum Gasteiger partial charge on any atom is -0.384 e. The van der Waals surface area contributed by atoms with Crippen molar-refractivity contribution in [2.45, 2.75) is 14.8 Å². The molecule has 1 heterocycles. The van der Waals surface area contributed by atoms with Gasteiger partial charge in [-0.05, 0) is 24.3 Å². The van der Waals surface area contributed by atoms with Gasteiger partial charge in [0, 0.05) is 17.2 Å². The van der Waals surface area contributed by atoms with Crippen molar-refractivity contribution in [1.82, 2.24) is 9.97 Å². The molecule has 0 fully saturated rings. The van der Waals surface area contributed by atoms with Crippen molar-refractivity contribution in [3.63, 3.8) is 0 Å². The first-order valence-corrected chi connectivity index (χ1v) is 7.71. The van der Waals surface area contributed by atoms with Crippen molar-refractivity contribution in [1.29, 1.82) is 0 Å². The van der Waals surface area contributed by atoms with Gasteiger partial charge in [0.2, 0.25) is 0 Å². The maximum atomic E-state index is 11.3. The summed E-state index contributed by atoms with van der Waals surface area (Å²) in [5.74, 6) is 0.403. The Kier molecular flexibility index (Phi) is 3.53. The van der Waals surface area contributed by atoms with Crippen LogP contribution in [-0.2, 0) is 9.84 Å². The fourth-order valence-electron chi connectivity index (χ4n) is 1.28. The largest absolute Gasteiger partial charge is 0.384 e. The molecule has 0 aliphatic carbocycles. The van der Waals surface area contributed by atoms with Crippen LogP contribution < -0.4 is 5.73 Å². The van der Waals surface area contributed by atoms with Gasteiger partial charge in [0.05, 0.1) is 4.90 Å². The van der Waals surface area contributed by atoms with E-state index >= 15 is 0 Å². The van der Waals surface area contributed by atoms with Gasteiger partial charge in [-0.1, -0.05) is 11.8 Å². The number of hydrogen-bond donors (Lipinski definition) is 1. The van der Waals surface area contributed by atoms with Crippen LogP contribution in [0.15, 0.2) is 51.5 Å². The molecule has 0 spiro atoms. The molecule has 1 aromatic carbocycles. The van der Waals surface area contributed by atoms with Gasteiger partial charge in [0.15, 0.2) is 9.84 Å². The normalized spacial score (nSPS) is 11.4. The van der Waals surface area contributed by atoms with Crippen LogP contribution in [0.5, 0.6) is 0 Å². The van der Waals surface area contributed by atoms with Gasteiger partial charge in [-0.15, -0.1) is 0 Å². The maximum absolute atomic E-state index is 11.3. The van der Waals surface area contributed by atoms with Gasteiger partial charge in [-0.25, -0.2) is 18.4 Å². The van der Waals surface area contributed by atoms with Crippen LogP contribution in [0.1, 0.15) is 0 Å². The predicted octanol–water partition coefficient (Wildman–Crippen LogP) is 1.61. The third kappa shape index (κ3) is 3.21. The molecule has 5 nitrogen and oxygen atoms in total. The van der Waals surface area contributed by atoms with Crippen molar-refractivity contribution in [2.24, 2.45) is 0 Å². The van der Waals surface area contributed by atoms with Crippen molar-refractivity contribution < 1.29 is 8.42 Å². The summed E-state index contributed by atoms with van der Waals surface area (Å²) in [6.07, 6.45) is 2.57. The molecule has 2 N–H and O–H groups in total. The Balaban J connectivity index is 2.21. The van der Waals surface area contributed by atoms with Crippen molar-refractivity contribution in [3.05, 3.63) is 36.7 Å². The van der Waals surface area contributed by atoms with Crippen LogP contribution in [-0.4, -0.2) is 24.6 Å². The summed E-state index contributed by atoms with van der Waals surface area (Å²) in [6.45, 7) is 0. The summed E-state index contributed by atoms with van der Waals surface area (Å²) in [5, 5.41) is 0.717. The molecule has 0 atom stereocenters. The number of anilines is 1. The molecule has 0 saturated carbocycles. The van der Waals surface area contributed by atoms with E-state index in [0.29, 0.717) is 10.7 Å². The number of nitrogen functional groups attached to an aromatic ring is 1. The molecule has 0 saturated heterocycles. The van der Waals surface area contributed by atoms with Crippen molar-refractivity contribution in [2.75, 3.05) is 12.0 Å². The van der Waals surface area contributed by atoms with E-state index in [1.54, 1.807) is 30.3 Å². The van der Waals surface area contributed by atoms with Gasteiger partial charge < -0.3 is 5.73 Å². The highest BCUT2D eigenvalue weighted by Gasteiger charge is 2.07. The van der Waals surface area contributed by atoms with E-state index in [4.69, 9.17) is 5.73 Å². The number of hydrogen-bond acceptors (Lipinski definition) is 6. The van der Waals surface area contributed by atoms with Gasteiger partial charge in [-0.3, -0.25) is 0 Å². The Bertz CT molecular complexity index is 654. The molecular weight excluding hydrogens is 270 g/mol. The van der Waals surface area contributed by atoms with E-state index in [1.165, 1.54) is 24.3 Å². The second-order valence-electron chi connectivity index (χ2n) is 3.63. The highest BCUT2D eigenvalue weighted by molar-refractivity contribution is 7.99. The topological polar surface area (TPSA) is 85.9 Å². The minimum absolute atomic E-state index is 0.300. The lowest BCUT2D eigenvalue weighted by Crippen LogP contribution is -1.96. The van der Waals surface area contributed by atoms with Gasteiger partial charge in [0.25, 0.3) is 0 Å². The Morgan fingerprint density at radius 3 is 2.39 bits per heavy atom. The molecule has 0 amide bonds. The van der Waals surface area contributed by atoms with Crippen LogP contribution in [0.3, 0.4) is 0 Å². The molecule has 94 valence electrons. The van der Waals surface area contributed by atoms with Crippen molar-refractivity contribution in [3.8, 4) is 0 Å². The van der Waals surface area contributed by atoms with Crippen LogP contribution in [0.2, 0.25) is 0 Å². The number of rotatable bonds is 3. The Labute approximate surface area is 109 Å². The number of aromatic nitrogens is 2. The molecule has 0 bridgehead atoms. The summed E-state index contributed by atoms with van der Waals surface area (Å²) in [6, 6.07) is 8.28. The van der Waals surface area contributed by atoms with Gasteiger partial charge in [-0.2, -0.15) is 0 Å². The monoisotopic (exact) mass is 281 g/mol. The molecule has 0 aliphatic rings. The van der Waals surface area contributed by atoms with Crippen LogP contribution in [0.25, 0.3) is 0 Å². The maximum Gasteiger partial charge on any atom is 0.175 e. The molecule has 18 heavy (non-hydrogen) atoms. The van der Waals surface area contributed by atoms with Gasteiger partial charge in [0.1, 0.15) is 17.2 Å². The van der Waals surface area contributed by atoms with Gasteiger partial charge >= 0.3 is 0 Å². The molecule has 0 radical (unpaired) electrons. The number of sulfone groups is 1. The first-order valence-electron chi connectivity index (χ1n) is 5.00. The molecule has 2 aromatic rings. The van der Waals surface area contributed by atoms with Crippen molar-refractivity contribution >= 4 is 27.4 Å². The highest BCUT2D eigenvalue weighted by Crippen LogP contribution is 2.27. The van der Waals surface area contributed by atoms with Crippen LogP contribution >= 0.6 is 11.8 Å². The van der Waals surface area contributed by atoms with E-state index < -0.39 is 9.84 Å². The van der Waals surface area contributed by atoms with E-state index in [2.05, 4.69) is 9.97 Å². The fourth-order valence-corrected chi connectivity index (χ4v) is 2.71. The van der Waals surface area contributed by atoms with E-state index in [0.717, 1.165) is 9.92 Å². The lowest BCUT2D eigenvalue weighted by molar-refractivity contribution is 0.602. The highest BCUT2D eigenvalue weighted by atomic mass is 32.2. The first-order chi connectivity index (χ1) is 8.45. The molecule has 7 heteroatoms. The quantitative estimate of drug-likeness (QED) is 0.860. The second kappa shape index (κ2) is 4.95. The zero-order valence-corrected chi connectivity index (χ0v) is 11.2.